The molecule has 0 bridgehead atoms. The molecule has 5 rings (SSSR count). The summed E-state index contributed by atoms with van der Waals surface area (Å²) in [5.74, 6) is -0.0732. The maximum atomic E-state index is 13.8. The molecule has 1 saturated carbocycles. The molecule has 0 aromatic carbocycles. The number of halogens is 3. The van der Waals surface area contributed by atoms with Crippen LogP contribution in [0.2, 0.25) is 0 Å². The van der Waals surface area contributed by atoms with E-state index in [1.54, 1.807) is 12.0 Å². The average Bonchev–Trinajstić information content (AvgIpc) is 3.34. The second-order valence-electron chi connectivity index (χ2n) is 10.2. The number of alkyl halides is 3. The fourth-order valence-corrected chi connectivity index (χ4v) is 6.50. The molecule has 0 radical (unpaired) electrons. The van der Waals surface area contributed by atoms with Gasteiger partial charge in [0.1, 0.15) is 0 Å². The highest BCUT2D eigenvalue weighted by Crippen LogP contribution is 2.53. The van der Waals surface area contributed by atoms with Gasteiger partial charge in [0.15, 0.2) is 0 Å². The molecule has 186 valence electrons. The number of carbonyl (C=O) groups excluding carboxylic acids is 2. The number of hydrogen-bond acceptors (Lipinski definition) is 5. The molecule has 1 aromatic rings. The Kier molecular flexibility index (Phi) is 6.08. The monoisotopic (exact) mass is 481 g/mol. The van der Waals surface area contributed by atoms with Gasteiger partial charge in [0.25, 0.3) is 0 Å². The third-order valence-electron chi connectivity index (χ3n) is 8.24. The molecule has 10 heteroatoms. The molecule has 1 N–H and O–H groups in total. The summed E-state index contributed by atoms with van der Waals surface area (Å²) in [6.07, 6.45) is -0.181. The van der Waals surface area contributed by atoms with Crippen LogP contribution in [0.25, 0.3) is 0 Å². The average molecular weight is 482 g/mol. The Morgan fingerprint density at radius 2 is 2.24 bits per heavy atom. The van der Waals surface area contributed by atoms with Crippen molar-refractivity contribution in [3.05, 3.63) is 29.1 Å². The van der Waals surface area contributed by atoms with Crippen molar-refractivity contribution in [3.8, 4) is 0 Å². The van der Waals surface area contributed by atoms with Crippen LogP contribution in [0.5, 0.6) is 0 Å². The predicted octanol–water partition coefficient (Wildman–Crippen LogP) is 2.57. The summed E-state index contributed by atoms with van der Waals surface area (Å²) in [6.45, 7) is 2.01. The van der Waals surface area contributed by atoms with Crippen molar-refractivity contribution < 1.29 is 32.2 Å². The molecule has 2 unspecified atom stereocenters. The lowest BCUT2D eigenvalue weighted by Crippen LogP contribution is -2.48. The van der Waals surface area contributed by atoms with Gasteiger partial charge in [0.2, 0.25) is 11.8 Å². The first-order valence-corrected chi connectivity index (χ1v) is 11.9. The highest BCUT2D eigenvalue weighted by molar-refractivity contribution is 5.95. The van der Waals surface area contributed by atoms with Gasteiger partial charge in [-0.25, -0.2) is 0 Å². The third-order valence-corrected chi connectivity index (χ3v) is 8.24. The number of nitrogens with one attached hydrogen (secondary N) is 1. The van der Waals surface area contributed by atoms with Crippen LogP contribution in [0.4, 0.5) is 13.2 Å². The van der Waals surface area contributed by atoms with E-state index in [4.69, 9.17) is 9.47 Å². The molecule has 2 saturated heterocycles. The molecule has 34 heavy (non-hydrogen) atoms. The molecule has 4 aliphatic rings. The Balaban J connectivity index is 1.34. The van der Waals surface area contributed by atoms with E-state index in [2.05, 4.69) is 10.3 Å². The number of carbonyl (C=O) groups is 2. The number of fused-ring (bicyclic) bond motifs is 2. The Morgan fingerprint density at radius 1 is 1.41 bits per heavy atom. The number of hydrogen-bond donors (Lipinski definition) is 1. The topological polar surface area (TPSA) is 80.8 Å². The molecule has 1 aromatic heterocycles. The molecule has 3 aliphatic heterocycles. The molecular formula is C24H30F3N3O4. The summed E-state index contributed by atoms with van der Waals surface area (Å²) in [5, 5.41) is 2.88. The fourth-order valence-electron chi connectivity index (χ4n) is 6.50. The molecule has 2 amide bonds. The Hall–Kier alpha value is -2.20. The number of ether oxygens (including phenoxy) is 2. The van der Waals surface area contributed by atoms with Crippen LogP contribution in [-0.2, 0) is 38.2 Å². The van der Waals surface area contributed by atoms with E-state index in [1.165, 1.54) is 0 Å². The zero-order valence-corrected chi connectivity index (χ0v) is 19.2. The number of pyridine rings is 1. The Morgan fingerprint density at radius 3 is 3.00 bits per heavy atom. The lowest BCUT2D eigenvalue weighted by Gasteiger charge is -2.36. The standard InChI is InChI=1S/C24H30F3N3O4/c1-33-20-12-34-5-3-15(20)6-14-7-18-21(31)29-13-23(18,9-14)22(32)30-4-2-19-16(11-30)8-17(10-28-19)24(25,26)27/h8,10,14-15,18,20H,2-7,9,11-13H2,1H3,(H,29,31)/t14-,15?,18+,20?,23+/m1/s1. The molecule has 5 atom stereocenters. The van der Waals surface area contributed by atoms with Crippen LogP contribution < -0.4 is 5.32 Å². The van der Waals surface area contributed by atoms with Gasteiger partial charge >= 0.3 is 6.18 Å². The van der Waals surface area contributed by atoms with Crippen LogP contribution in [0.3, 0.4) is 0 Å². The zero-order valence-electron chi connectivity index (χ0n) is 19.2. The SMILES string of the molecule is COC1COCCC1C[C@@H]1C[C@H]2C(=O)NC[C@@]2(C(=O)N2CCc3ncc(C(F)(F)F)cc3C2)C1. The van der Waals surface area contributed by atoms with Crippen molar-refractivity contribution in [2.24, 2.45) is 23.2 Å². The second kappa shape index (κ2) is 8.78. The fraction of sp³-hybridized carbons (Fsp3) is 0.708. The lowest BCUT2D eigenvalue weighted by molar-refractivity contribution is -0.145. The Labute approximate surface area is 196 Å². The smallest absolute Gasteiger partial charge is 0.379 e. The van der Waals surface area contributed by atoms with E-state index < -0.39 is 23.1 Å². The summed E-state index contributed by atoms with van der Waals surface area (Å²) in [6, 6.07) is 1.10. The molecule has 0 spiro atoms. The minimum Gasteiger partial charge on any atom is -0.379 e. The van der Waals surface area contributed by atoms with Crippen molar-refractivity contribution in [2.45, 2.75) is 50.9 Å². The lowest BCUT2D eigenvalue weighted by atomic mass is 9.77. The van der Waals surface area contributed by atoms with Gasteiger partial charge in [-0.1, -0.05) is 0 Å². The van der Waals surface area contributed by atoms with Gasteiger partial charge in [0, 0.05) is 51.7 Å². The maximum absolute atomic E-state index is 13.8. The quantitative estimate of drug-likeness (QED) is 0.715. The summed E-state index contributed by atoms with van der Waals surface area (Å²) in [4.78, 5) is 32.2. The predicted molar refractivity (Wildman–Crippen MR) is 114 cm³/mol. The van der Waals surface area contributed by atoms with E-state index in [0.29, 0.717) is 56.2 Å². The molecular weight excluding hydrogens is 451 g/mol. The van der Waals surface area contributed by atoms with Gasteiger partial charge in [-0.2, -0.15) is 13.2 Å². The number of rotatable bonds is 4. The largest absolute Gasteiger partial charge is 0.417 e. The van der Waals surface area contributed by atoms with Gasteiger partial charge < -0.3 is 19.7 Å². The minimum absolute atomic E-state index is 0.0172. The summed E-state index contributed by atoms with van der Waals surface area (Å²) >= 11 is 0. The summed E-state index contributed by atoms with van der Waals surface area (Å²) in [5.41, 5.74) is -0.609. The number of nitrogens with zero attached hydrogens (tertiary/aromatic N) is 2. The zero-order chi connectivity index (χ0) is 24.1. The van der Waals surface area contributed by atoms with Crippen LogP contribution in [0.15, 0.2) is 12.3 Å². The van der Waals surface area contributed by atoms with Crippen LogP contribution in [-0.4, -0.2) is 61.2 Å². The van der Waals surface area contributed by atoms with Gasteiger partial charge in [-0.15, -0.1) is 0 Å². The molecule has 3 fully saturated rings. The van der Waals surface area contributed by atoms with E-state index in [-0.39, 0.29) is 36.9 Å². The van der Waals surface area contributed by atoms with Crippen molar-refractivity contribution in [1.82, 2.24) is 15.2 Å². The van der Waals surface area contributed by atoms with Crippen molar-refractivity contribution in [3.63, 3.8) is 0 Å². The van der Waals surface area contributed by atoms with Gasteiger partial charge in [-0.3, -0.25) is 14.6 Å². The van der Waals surface area contributed by atoms with E-state index in [0.717, 1.165) is 25.1 Å². The van der Waals surface area contributed by atoms with Crippen LogP contribution in [0, 0.1) is 23.2 Å². The van der Waals surface area contributed by atoms with E-state index in [9.17, 15) is 22.8 Å². The molecule has 4 heterocycles. The van der Waals surface area contributed by atoms with Crippen LogP contribution >= 0.6 is 0 Å². The molecule has 7 nitrogen and oxygen atoms in total. The van der Waals surface area contributed by atoms with E-state index >= 15 is 0 Å². The maximum Gasteiger partial charge on any atom is 0.417 e. The van der Waals surface area contributed by atoms with Gasteiger partial charge in [0.05, 0.1) is 29.6 Å². The number of amides is 2. The first-order valence-electron chi connectivity index (χ1n) is 11.9. The van der Waals surface area contributed by atoms with Crippen molar-refractivity contribution in [2.75, 3.05) is 33.4 Å². The normalized spacial score (nSPS) is 33.4. The van der Waals surface area contributed by atoms with Gasteiger partial charge in [-0.05, 0) is 49.1 Å². The van der Waals surface area contributed by atoms with Crippen molar-refractivity contribution >= 4 is 11.8 Å². The number of aromatic nitrogens is 1. The van der Waals surface area contributed by atoms with Crippen molar-refractivity contribution in [1.29, 1.82) is 0 Å². The van der Waals surface area contributed by atoms with Crippen LogP contribution in [0.1, 0.15) is 42.5 Å². The summed E-state index contributed by atoms with van der Waals surface area (Å²) in [7, 11) is 1.68. The summed E-state index contributed by atoms with van der Waals surface area (Å²) < 4.78 is 50.7. The highest BCUT2D eigenvalue weighted by atomic mass is 19.4. The Bertz CT molecular complexity index is 971. The van der Waals surface area contributed by atoms with E-state index in [1.807, 2.05) is 0 Å². The second-order valence-corrected chi connectivity index (χ2v) is 10.2. The molecule has 1 aliphatic carbocycles. The third kappa shape index (κ3) is 4.08. The minimum atomic E-state index is -4.48. The first-order chi connectivity index (χ1) is 16.2. The first kappa shape index (κ1) is 23.5. The highest BCUT2D eigenvalue weighted by Gasteiger charge is 2.60. The number of methoxy groups -OCH3 is 1.